The van der Waals surface area contributed by atoms with Crippen LogP contribution in [-0.2, 0) is 0 Å². The number of H-pyrrole nitrogens is 1. The molecular weight excluding hydrogens is 168 g/mol. The lowest BCUT2D eigenvalue weighted by molar-refractivity contribution is 0.393. The van der Waals surface area contributed by atoms with Crippen LogP contribution in [0.1, 0.15) is 11.5 Å². The zero-order valence-electron chi connectivity index (χ0n) is 7.46. The molecule has 0 spiro atoms. The number of rotatable bonds is 1. The van der Waals surface area contributed by atoms with E-state index < -0.39 is 0 Å². The Morgan fingerprint density at radius 3 is 2.69 bits per heavy atom. The maximum Gasteiger partial charge on any atom is 0.145 e. The third kappa shape index (κ3) is 1.18. The van der Waals surface area contributed by atoms with Gasteiger partial charge in [-0.05, 0) is 13.8 Å². The van der Waals surface area contributed by atoms with Crippen molar-refractivity contribution in [3.05, 3.63) is 17.5 Å². The average Bonchev–Trinajstić information content (AvgIpc) is 2.60. The summed E-state index contributed by atoms with van der Waals surface area (Å²) in [7, 11) is 0. The Balaban J connectivity index is 2.57. The van der Waals surface area contributed by atoms with Crippen molar-refractivity contribution < 1.29 is 4.52 Å². The predicted molar refractivity (Wildman–Crippen MR) is 48.0 cm³/mol. The van der Waals surface area contributed by atoms with Crippen LogP contribution in [0, 0.1) is 13.8 Å². The van der Waals surface area contributed by atoms with Crippen molar-refractivity contribution in [2.75, 3.05) is 5.73 Å². The quantitative estimate of drug-likeness (QED) is 0.688. The number of hydrogen-bond donors (Lipinski definition) is 2. The molecule has 3 N–H and O–H groups in total. The molecule has 0 amide bonds. The number of hydrogen-bond acceptors (Lipinski definition) is 4. The van der Waals surface area contributed by atoms with Crippen molar-refractivity contribution in [1.82, 2.24) is 15.4 Å². The van der Waals surface area contributed by atoms with Gasteiger partial charge in [-0.2, -0.15) is 5.10 Å². The molecular formula is C8H10N4O. The Kier molecular flexibility index (Phi) is 1.58. The van der Waals surface area contributed by atoms with Gasteiger partial charge in [0, 0.05) is 6.07 Å². The van der Waals surface area contributed by atoms with Crippen molar-refractivity contribution in [2.24, 2.45) is 0 Å². The lowest BCUT2D eigenvalue weighted by Crippen LogP contribution is -1.81. The molecule has 68 valence electrons. The minimum absolute atomic E-state index is 0.468. The monoisotopic (exact) mass is 178 g/mol. The minimum Gasteiger partial charge on any atom is -0.382 e. The van der Waals surface area contributed by atoms with E-state index in [-0.39, 0.29) is 0 Å². The van der Waals surface area contributed by atoms with Crippen molar-refractivity contribution in [3.8, 4) is 11.3 Å². The summed E-state index contributed by atoms with van der Waals surface area (Å²) in [5.41, 5.74) is 8.10. The Morgan fingerprint density at radius 1 is 1.46 bits per heavy atom. The first kappa shape index (κ1) is 7.85. The van der Waals surface area contributed by atoms with Gasteiger partial charge in [-0.15, -0.1) is 0 Å². The van der Waals surface area contributed by atoms with Crippen LogP contribution in [0.4, 0.5) is 5.82 Å². The molecule has 0 radical (unpaired) electrons. The Morgan fingerprint density at radius 2 is 2.23 bits per heavy atom. The van der Waals surface area contributed by atoms with E-state index in [1.807, 2.05) is 13.8 Å². The average molecular weight is 178 g/mol. The summed E-state index contributed by atoms with van der Waals surface area (Å²) >= 11 is 0. The minimum atomic E-state index is 0.468. The van der Waals surface area contributed by atoms with Crippen LogP contribution in [0.2, 0.25) is 0 Å². The number of aromatic nitrogens is 3. The molecule has 0 aliphatic carbocycles. The number of aromatic amines is 1. The van der Waals surface area contributed by atoms with Crippen molar-refractivity contribution in [2.45, 2.75) is 13.8 Å². The van der Waals surface area contributed by atoms with Gasteiger partial charge in [0.1, 0.15) is 11.6 Å². The molecule has 0 aliphatic heterocycles. The molecule has 0 aromatic carbocycles. The lowest BCUT2D eigenvalue weighted by Gasteiger charge is -1.92. The number of aryl methyl sites for hydroxylation is 2. The van der Waals surface area contributed by atoms with E-state index in [1.165, 1.54) is 0 Å². The molecule has 2 rings (SSSR count). The lowest BCUT2D eigenvalue weighted by atomic mass is 10.1. The SMILES string of the molecule is Cc1noc(C)c1-c1cc(N)n[nH]1. The first-order valence-electron chi connectivity index (χ1n) is 3.92. The van der Waals surface area contributed by atoms with Crippen molar-refractivity contribution in [3.63, 3.8) is 0 Å². The Labute approximate surface area is 74.9 Å². The maximum atomic E-state index is 5.49. The normalized spacial score (nSPS) is 10.6. The molecule has 2 heterocycles. The Bertz CT molecular complexity index is 410. The van der Waals surface area contributed by atoms with E-state index in [0.717, 1.165) is 22.7 Å². The van der Waals surface area contributed by atoms with Crippen LogP contribution >= 0.6 is 0 Å². The van der Waals surface area contributed by atoms with Gasteiger partial charge in [0.25, 0.3) is 0 Å². The van der Waals surface area contributed by atoms with Gasteiger partial charge >= 0.3 is 0 Å². The van der Waals surface area contributed by atoms with Gasteiger partial charge < -0.3 is 10.3 Å². The number of nitrogen functional groups attached to an aromatic ring is 1. The first-order valence-corrected chi connectivity index (χ1v) is 3.92. The summed E-state index contributed by atoms with van der Waals surface area (Å²) in [6.07, 6.45) is 0. The number of nitrogens with two attached hydrogens (primary N) is 1. The van der Waals surface area contributed by atoms with Gasteiger partial charge in [-0.1, -0.05) is 5.16 Å². The van der Waals surface area contributed by atoms with Crippen LogP contribution in [0.3, 0.4) is 0 Å². The summed E-state index contributed by atoms with van der Waals surface area (Å²) in [6, 6.07) is 1.76. The first-order chi connectivity index (χ1) is 6.18. The van der Waals surface area contributed by atoms with Crippen LogP contribution < -0.4 is 5.73 Å². The van der Waals surface area contributed by atoms with E-state index in [0.29, 0.717) is 5.82 Å². The third-order valence-corrected chi connectivity index (χ3v) is 1.90. The van der Waals surface area contributed by atoms with E-state index in [2.05, 4.69) is 15.4 Å². The van der Waals surface area contributed by atoms with Crippen LogP contribution in [0.15, 0.2) is 10.6 Å². The second-order valence-electron chi connectivity index (χ2n) is 2.91. The molecule has 2 aromatic heterocycles. The highest BCUT2D eigenvalue weighted by atomic mass is 16.5. The second-order valence-corrected chi connectivity index (χ2v) is 2.91. The number of nitrogens with one attached hydrogen (secondary N) is 1. The summed E-state index contributed by atoms with van der Waals surface area (Å²) in [5, 5.41) is 10.5. The highest BCUT2D eigenvalue weighted by Gasteiger charge is 2.12. The Hall–Kier alpha value is -1.78. The zero-order valence-corrected chi connectivity index (χ0v) is 7.46. The highest BCUT2D eigenvalue weighted by Crippen LogP contribution is 2.25. The fourth-order valence-corrected chi connectivity index (χ4v) is 1.33. The summed E-state index contributed by atoms with van der Waals surface area (Å²) in [4.78, 5) is 0. The van der Waals surface area contributed by atoms with E-state index in [1.54, 1.807) is 6.07 Å². The number of nitrogens with zero attached hydrogens (tertiary/aromatic N) is 2. The summed E-state index contributed by atoms with van der Waals surface area (Å²) in [5.74, 6) is 1.23. The third-order valence-electron chi connectivity index (χ3n) is 1.90. The van der Waals surface area contributed by atoms with Gasteiger partial charge in [0.05, 0.1) is 17.0 Å². The molecule has 0 saturated carbocycles. The topological polar surface area (TPSA) is 80.7 Å². The van der Waals surface area contributed by atoms with Crippen LogP contribution in [0.5, 0.6) is 0 Å². The predicted octanol–water partition coefficient (Wildman–Crippen LogP) is 1.26. The van der Waals surface area contributed by atoms with Crippen LogP contribution in [0.25, 0.3) is 11.3 Å². The second kappa shape index (κ2) is 2.62. The number of anilines is 1. The molecule has 5 nitrogen and oxygen atoms in total. The van der Waals surface area contributed by atoms with Gasteiger partial charge in [-0.3, -0.25) is 5.10 Å². The summed E-state index contributed by atoms with van der Waals surface area (Å²) < 4.78 is 5.02. The molecule has 0 bridgehead atoms. The summed E-state index contributed by atoms with van der Waals surface area (Å²) in [6.45, 7) is 3.73. The molecule has 0 unspecified atom stereocenters. The van der Waals surface area contributed by atoms with Gasteiger partial charge in [0.2, 0.25) is 0 Å². The molecule has 5 heteroatoms. The van der Waals surface area contributed by atoms with Crippen LogP contribution in [-0.4, -0.2) is 15.4 Å². The molecule has 0 saturated heterocycles. The van der Waals surface area contributed by atoms with Crippen molar-refractivity contribution in [1.29, 1.82) is 0 Å². The van der Waals surface area contributed by atoms with E-state index in [4.69, 9.17) is 10.3 Å². The molecule has 2 aromatic rings. The standard InChI is InChI=1S/C8H10N4O/c1-4-8(5(2)13-12-4)6-3-7(9)11-10-6/h3H,1-2H3,(H3,9,10,11). The smallest absolute Gasteiger partial charge is 0.145 e. The molecule has 0 aliphatic rings. The largest absolute Gasteiger partial charge is 0.382 e. The van der Waals surface area contributed by atoms with Gasteiger partial charge in [-0.25, -0.2) is 0 Å². The van der Waals surface area contributed by atoms with Gasteiger partial charge in [0.15, 0.2) is 0 Å². The van der Waals surface area contributed by atoms with E-state index >= 15 is 0 Å². The van der Waals surface area contributed by atoms with Crippen molar-refractivity contribution >= 4 is 5.82 Å². The molecule has 0 fully saturated rings. The molecule has 0 atom stereocenters. The molecule has 13 heavy (non-hydrogen) atoms. The zero-order chi connectivity index (χ0) is 9.42. The fraction of sp³-hybridized carbons (Fsp3) is 0.250. The fourth-order valence-electron chi connectivity index (χ4n) is 1.33. The maximum absolute atomic E-state index is 5.49. The highest BCUT2D eigenvalue weighted by molar-refractivity contribution is 5.65. The van der Waals surface area contributed by atoms with E-state index in [9.17, 15) is 0 Å².